The standard InChI is InChI=1S/C24H46O2/c1-4-7-10-13-14-15-16-17-18-21-24(25-22-19-11-8-5-2)26-23-20-12-9-6-3/h13-16,24H,4-12,17-23H2,1-3H3/b14-13+,16-15-. The zero-order chi connectivity index (χ0) is 19.1. The first kappa shape index (κ1) is 25.4. The van der Waals surface area contributed by atoms with Crippen LogP contribution in [0.2, 0.25) is 0 Å². The Morgan fingerprint density at radius 2 is 1.08 bits per heavy atom. The monoisotopic (exact) mass is 366 g/mol. The molecule has 0 fully saturated rings. The van der Waals surface area contributed by atoms with E-state index >= 15 is 0 Å². The van der Waals surface area contributed by atoms with Crippen LogP contribution in [0.25, 0.3) is 0 Å². The average Bonchev–Trinajstić information content (AvgIpc) is 2.65. The van der Waals surface area contributed by atoms with Gasteiger partial charge in [-0.05, 0) is 38.5 Å². The summed E-state index contributed by atoms with van der Waals surface area (Å²) in [6, 6.07) is 0. The molecule has 0 saturated carbocycles. The van der Waals surface area contributed by atoms with Crippen molar-refractivity contribution < 1.29 is 9.47 Å². The molecule has 0 rings (SSSR count). The highest BCUT2D eigenvalue weighted by Crippen LogP contribution is 2.11. The summed E-state index contributed by atoms with van der Waals surface area (Å²) >= 11 is 0. The van der Waals surface area contributed by atoms with Crippen molar-refractivity contribution in [3.8, 4) is 0 Å². The van der Waals surface area contributed by atoms with Crippen molar-refractivity contribution in [2.45, 2.75) is 117 Å². The van der Waals surface area contributed by atoms with E-state index in [-0.39, 0.29) is 6.29 Å². The molecule has 0 bridgehead atoms. The molecule has 0 N–H and O–H groups in total. The van der Waals surface area contributed by atoms with Gasteiger partial charge in [-0.3, -0.25) is 0 Å². The second-order valence-corrected chi connectivity index (χ2v) is 7.22. The number of rotatable bonds is 20. The van der Waals surface area contributed by atoms with Crippen molar-refractivity contribution >= 4 is 0 Å². The molecule has 0 radical (unpaired) electrons. The van der Waals surface area contributed by atoms with Gasteiger partial charge >= 0.3 is 0 Å². The number of ether oxygens (including phenoxy) is 2. The molecule has 2 heteroatoms. The zero-order valence-electron chi connectivity index (χ0n) is 18.0. The minimum Gasteiger partial charge on any atom is -0.353 e. The minimum atomic E-state index is -0.00764. The first-order chi connectivity index (χ1) is 12.8. The topological polar surface area (TPSA) is 18.5 Å². The van der Waals surface area contributed by atoms with Gasteiger partial charge in [-0.15, -0.1) is 0 Å². The van der Waals surface area contributed by atoms with Crippen LogP contribution >= 0.6 is 0 Å². The molecule has 0 aromatic heterocycles. The molecule has 0 unspecified atom stereocenters. The average molecular weight is 367 g/mol. The van der Waals surface area contributed by atoms with E-state index in [1.165, 1.54) is 57.8 Å². The Hall–Kier alpha value is -0.600. The molecule has 2 nitrogen and oxygen atoms in total. The quantitative estimate of drug-likeness (QED) is 0.123. The normalized spacial score (nSPS) is 12.2. The second-order valence-electron chi connectivity index (χ2n) is 7.22. The van der Waals surface area contributed by atoms with Gasteiger partial charge in [0, 0.05) is 13.2 Å². The van der Waals surface area contributed by atoms with Crippen LogP contribution in [0.5, 0.6) is 0 Å². The third-order valence-corrected chi connectivity index (χ3v) is 4.52. The summed E-state index contributed by atoms with van der Waals surface area (Å²) in [6.07, 6.45) is 25.9. The molecule has 0 aliphatic rings. The van der Waals surface area contributed by atoms with Gasteiger partial charge in [0.2, 0.25) is 0 Å². The molecule has 26 heavy (non-hydrogen) atoms. The van der Waals surface area contributed by atoms with Gasteiger partial charge in [-0.2, -0.15) is 0 Å². The highest BCUT2D eigenvalue weighted by Gasteiger charge is 2.08. The third kappa shape index (κ3) is 19.7. The molecule has 0 aliphatic carbocycles. The molecule has 0 aliphatic heterocycles. The Morgan fingerprint density at radius 3 is 1.58 bits per heavy atom. The molecule has 0 atom stereocenters. The third-order valence-electron chi connectivity index (χ3n) is 4.52. The number of unbranched alkanes of at least 4 members (excludes halogenated alkanes) is 9. The Kier molecular flexibility index (Phi) is 21.9. The van der Waals surface area contributed by atoms with E-state index in [1.54, 1.807) is 0 Å². The van der Waals surface area contributed by atoms with Gasteiger partial charge in [0.1, 0.15) is 0 Å². The number of hydrogen-bond acceptors (Lipinski definition) is 2. The van der Waals surface area contributed by atoms with Gasteiger partial charge in [-0.25, -0.2) is 0 Å². The molecule has 0 heterocycles. The van der Waals surface area contributed by atoms with Crippen LogP contribution in [-0.4, -0.2) is 19.5 Å². The smallest absolute Gasteiger partial charge is 0.157 e. The lowest BCUT2D eigenvalue weighted by molar-refractivity contribution is -0.147. The Labute approximate surface area is 164 Å². The molecule has 0 amide bonds. The van der Waals surface area contributed by atoms with E-state index in [0.717, 1.165) is 45.3 Å². The van der Waals surface area contributed by atoms with Crippen LogP contribution < -0.4 is 0 Å². The highest BCUT2D eigenvalue weighted by molar-refractivity contribution is 5.02. The Bertz CT molecular complexity index is 295. The van der Waals surface area contributed by atoms with E-state index in [1.807, 2.05) is 0 Å². The SMILES string of the molecule is CCCC/C=C/C=C\CCCC(OCCCCCC)OCCCCCC. The molecule has 0 aromatic carbocycles. The fraction of sp³-hybridized carbons (Fsp3) is 0.833. The predicted molar refractivity (Wildman–Crippen MR) is 116 cm³/mol. The van der Waals surface area contributed by atoms with Crippen LogP contribution in [0.1, 0.15) is 111 Å². The lowest BCUT2D eigenvalue weighted by Crippen LogP contribution is -2.19. The van der Waals surface area contributed by atoms with Crippen LogP contribution in [0.15, 0.2) is 24.3 Å². The van der Waals surface area contributed by atoms with Crippen molar-refractivity contribution in [1.29, 1.82) is 0 Å². The first-order valence-corrected chi connectivity index (χ1v) is 11.4. The van der Waals surface area contributed by atoms with Gasteiger partial charge in [-0.1, -0.05) is 96.4 Å². The van der Waals surface area contributed by atoms with Gasteiger partial charge in [0.15, 0.2) is 6.29 Å². The van der Waals surface area contributed by atoms with E-state index in [9.17, 15) is 0 Å². The lowest BCUT2D eigenvalue weighted by Gasteiger charge is -2.18. The molecular weight excluding hydrogens is 320 g/mol. The largest absolute Gasteiger partial charge is 0.353 e. The van der Waals surface area contributed by atoms with Gasteiger partial charge in [0.25, 0.3) is 0 Å². The van der Waals surface area contributed by atoms with Crippen LogP contribution in [0, 0.1) is 0 Å². The van der Waals surface area contributed by atoms with Crippen LogP contribution in [0.4, 0.5) is 0 Å². The van der Waals surface area contributed by atoms with E-state index in [2.05, 4.69) is 45.1 Å². The van der Waals surface area contributed by atoms with Crippen molar-refractivity contribution in [1.82, 2.24) is 0 Å². The molecule has 0 saturated heterocycles. The summed E-state index contributed by atoms with van der Waals surface area (Å²) in [6.45, 7) is 8.41. The molecule has 0 aromatic rings. The second kappa shape index (κ2) is 22.4. The molecular formula is C24H46O2. The number of allylic oxidation sites excluding steroid dienone is 4. The van der Waals surface area contributed by atoms with Crippen molar-refractivity contribution in [3.05, 3.63) is 24.3 Å². The Morgan fingerprint density at radius 1 is 0.577 bits per heavy atom. The summed E-state index contributed by atoms with van der Waals surface area (Å²) in [7, 11) is 0. The summed E-state index contributed by atoms with van der Waals surface area (Å²) in [5.74, 6) is 0. The first-order valence-electron chi connectivity index (χ1n) is 11.4. The summed E-state index contributed by atoms with van der Waals surface area (Å²) < 4.78 is 12.0. The minimum absolute atomic E-state index is 0.00764. The van der Waals surface area contributed by atoms with Crippen molar-refractivity contribution in [2.24, 2.45) is 0 Å². The van der Waals surface area contributed by atoms with Gasteiger partial charge < -0.3 is 9.47 Å². The summed E-state index contributed by atoms with van der Waals surface area (Å²) in [5.41, 5.74) is 0. The summed E-state index contributed by atoms with van der Waals surface area (Å²) in [5, 5.41) is 0. The van der Waals surface area contributed by atoms with E-state index in [4.69, 9.17) is 9.47 Å². The number of hydrogen-bond donors (Lipinski definition) is 0. The zero-order valence-corrected chi connectivity index (χ0v) is 18.0. The van der Waals surface area contributed by atoms with Crippen molar-refractivity contribution in [3.63, 3.8) is 0 Å². The van der Waals surface area contributed by atoms with E-state index in [0.29, 0.717) is 0 Å². The molecule has 154 valence electrons. The maximum Gasteiger partial charge on any atom is 0.157 e. The van der Waals surface area contributed by atoms with Crippen LogP contribution in [-0.2, 0) is 9.47 Å². The van der Waals surface area contributed by atoms with Crippen LogP contribution in [0.3, 0.4) is 0 Å². The maximum absolute atomic E-state index is 6.01. The fourth-order valence-corrected chi connectivity index (χ4v) is 2.78. The molecule has 0 spiro atoms. The summed E-state index contributed by atoms with van der Waals surface area (Å²) in [4.78, 5) is 0. The van der Waals surface area contributed by atoms with E-state index < -0.39 is 0 Å². The van der Waals surface area contributed by atoms with Crippen molar-refractivity contribution in [2.75, 3.05) is 13.2 Å². The predicted octanol–water partition coefficient (Wildman–Crippen LogP) is 7.98. The van der Waals surface area contributed by atoms with Gasteiger partial charge in [0.05, 0.1) is 0 Å². The Balaban J connectivity index is 3.89. The fourth-order valence-electron chi connectivity index (χ4n) is 2.78. The maximum atomic E-state index is 6.01. The highest BCUT2D eigenvalue weighted by atomic mass is 16.7. The lowest BCUT2D eigenvalue weighted by atomic mass is 10.2.